The molecule has 13 heavy (non-hydrogen) atoms. The van der Waals surface area contributed by atoms with E-state index in [9.17, 15) is 9.67 Å². The Hall–Kier alpha value is 0.330. The van der Waals surface area contributed by atoms with E-state index in [1.54, 1.807) is 0 Å². The molecule has 3 atom stereocenters. The van der Waals surface area contributed by atoms with Gasteiger partial charge in [-0.15, -0.1) is 4.89 Å². The maximum atomic E-state index is 10.3. The molecule has 0 spiro atoms. The van der Waals surface area contributed by atoms with E-state index in [1.807, 2.05) is 0 Å². The van der Waals surface area contributed by atoms with Crippen LogP contribution in [0.15, 0.2) is 0 Å². The highest BCUT2D eigenvalue weighted by Gasteiger charge is 2.50. The van der Waals surface area contributed by atoms with Gasteiger partial charge in [-0.25, -0.2) is 0 Å². The SMILES string of the molecule is O=[P+](O)OC(O)(OPO)C1CCC1. The molecule has 0 bridgehead atoms. The molecule has 76 valence electrons. The first-order valence-corrected chi connectivity index (χ1v) is 5.72. The smallest absolute Gasteiger partial charge is 0.352 e. The summed E-state index contributed by atoms with van der Waals surface area (Å²) in [5.41, 5.74) is 0. The normalized spacial score (nSPS) is 24.4. The topological polar surface area (TPSA) is 96.2 Å². The Morgan fingerprint density at radius 3 is 2.46 bits per heavy atom. The third-order valence-electron chi connectivity index (χ3n) is 2.02. The van der Waals surface area contributed by atoms with Crippen LogP contribution in [0, 0.1) is 5.92 Å². The predicted molar refractivity (Wildman–Crippen MR) is 44.8 cm³/mol. The van der Waals surface area contributed by atoms with Gasteiger partial charge in [-0.1, -0.05) is 10.9 Å². The van der Waals surface area contributed by atoms with Crippen LogP contribution in [0.1, 0.15) is 19.3 Å². The Labute approximate surface area is 77.8 Å². The van der Waals surface area contributed by atoms with Crippen molar-refractivity contribution in [3.05, 3.63) is 0 Å². The zero-order chi connectivity index (χ0) is 9.90. The van der Waals surface area contributed by atoms with Crippen LogP contribution >= 0.6 is 17.3 Å². The highest BCUT2D eigenvalue weighted by molar-refractivity contribution is 7.32. The number of rotatable bonds is 5. The fourth-order valence-electron chi connectivity index (χ4n) is 1.13. The van der Waals surface area contributed by atoms with E-state index < -0.39 is 23.3 Å². The van der Waals surface area contributed by atoms with E-state index in [0.29, 0.717) is 12.8 Å². The molecule has 1 saturated carbocycles. The van der Waals surface area contributed by atoms with Gasteiger partial charge in [-0.05, 0) is 12.8 Å². The molecule has 0 heterocycles. The van der Waals surface area contributed by atoms with Gasteiger partial charge in [0.15, 0.2) is 9.03 Å². The molecule has 6 nitrogen and oxygen atoms in total. The molecule has 0 aromatic heterocycles. The molecule has 0 aliphatic heterocycles. The first-order chi connectivity index (χ1) is 6.08. The molecule has 0 aromatic rings. The van der Waals surface area contributed by atoms with Crippen LogP contribution in [0.4, 0.5) is 0 Å². The number of aliphatic hydroxyl groups is 1. The summed E-state index contributed by atoms with van der Waals surface area (Å²) in [5, 5.41) is 9.56. The van der Waals surface area contributed by atoms with E-state index in [1.165, 1.54) is 0 Å². The van der Waals surface area contributed by atoms with E-state index in [0.717, 1.165) is 6.42 Å². The van der Waals surface area contributed by atoms with Gasteiger partial charge in [0, 0.05) is 10.5 Å². The van der Waals surface area contributed by atoms with Crippen LogP contribution < -0.4 is 0 Å². The molecule has 0 aromatic carbocycles. The average molecular weight is 229 g/mol. The van der Waals surface area contributed by atoms with Crippen molar-refractivity contribution in [1.29, 1.82) is 0 Å². The van der Waals surface area contributed by atoms with Gasteiger partial charge in [0.2, 0.25) is 0 Å². The molecule has 3 unspecified atom stereocenters. The summed E-state index contributed by atoms with van der Waals surface area (Å²) in [6.07, 6.45) is 2.23. The molecule has 0 amide bonds. The van der Waals surface area contributed by atoms with Gasteiger partial charge in [0.1, 0.15) is 0 Å². The van der Waals surface area contributed by atoms with Crippen LogP contribution in [-0.2, 0) is 13.6 Å². The van der Waals surface area contributed by atoms with Crippen LogP contribution in [0.25, 0.3) is 0 Å². The summed E-state index contributed by atoms with van der Waals surface area (Å²) >= 11 is 0. The highest BCUT2D eigenvalue weighted by Crippen LogP contribution is 2.43. The first kappa shape index (κ1) is 11.4. The van der Waals surface area contributed by atoms with Crippen LogP contribution in [-0.4, -0.2) is 20.9 Å². The van der Waals surface area contributed by atoms with Crippen LogP contribution in [0.3, 0.4) is 0 Å². The quantitative estimate of drug-likeness (QED) is 0.472. The lowest BCUT2D eigenvalue weighted by atomic mass is 9.83. The molecular formula is C5H11O6P2+. The molecule has 1 fully saturated rings. The van der Waals surface area contributed by atoms with Crippen molar-refractivity contribution in [3.63, 3.8) is 0 Å². The number of hydrogen-bond donors (Lipinski definition) is 3. The lowest BCUT2D eigenvalue weighted by molar-refractivity contribution is -0.315. The summed E-state index contributed by atoms with van der Waals surface area (Å²) in [6.45, 7) is 0. The van der Waals surface area contributed by atoms with E-state index >= 15 is 0 Å². The van der Waals surface area contributed by atoms with Crippen LogP contribution in [0.2, 0.25) is 0 Å². The monoisotopic (exact) mass is 229 g/mol. The minimum atomic E-state index is -2.94. The Morgan fingerprint density at radius 1 is 1.54 bits per heavy atom. The minimum Gasteiger partial charge on any atom is -0.352 e. The van der Waals surface area contributed by atoms with Gasteiger partial charge < -0.3 is 10.00 Å². The molecule has 8 heteroatoms. The first-order valence-electron chi connectivity index (χ1n) is 3.73. The summed E-state index contributed by atoms with van der Waals surface area (Å²) in [5.74, 6) is -2.44. The minimum absolute atomic E-state index is 0.335. The summed E-state index contributed by atoms with van der Waals surface area (Å²) in [6, 6.07) is 0. The Morgan fingerprint density at radius 2 is 2.15 bits per heavy atom. The second-order valence-corrected chi connectivity index (χ2v) is 3.83. The molecule has 1 rings (SSSR count). The fraction of sp³-hybridized carbons (Fsp3) is 1.00. The number of hydrogen-bond acceptors (Lipinski definition) is 5. The van der Waals surface area contributed by atoms with Gasteiger partial charge in [0.05, 0.1) is 0 Å². The van der Waals surface area contributed by atoms with Crippen molar-refractivity contribution < 1.29 is 28.5 Å². The second kappa shape index (κ2) is 4.71. The van der Waals surface area contributed by atoms with Crippen molar-refractivity contribution in [2.75, 3.05) is 0 Å². The summed E-state index contributed by atoms with van der Waals surface area (Å²) in [4.78, 5) is 16.9. The van der Waals surface area contributed by atoms with Crippen molar-refractivity contribution in [2.45, 2.75) is 25.2 Å². The van der Waals surface area contributed by atoms with Crippen molar-refractivity contribution in [3.8, 4) is 0 Å². The lowest BCUT2D eigenvalue weighted by Gasteiger charge is -2.34. The van der Waals surface area contributed by atoms with E-state index in [4.69, 9.17) is 9.79 Å². The molecule has 1 aliphatic carbocycles. The maximum absolute atomic E-state index is 10.3. The molecule has 0 saturated heterocycles. The third-order valence-corrected chi connectivity index (χ3v) is 2.82. The fourth-order valence-corrected chi connectivity index (χ4v) is 1.95. The summed E-state index contributed by atoms with van der Waals surface area (Å²) in [7, 11) is -3.91. The van der Waals surface area contributed by atoms with Crippen molar-refractivity contribution >= 4 is 17.3 Å². The molecule has 0 radical (unpaired) electrons. The molecule has 3 N–H and O–H groups in total. The maximum Gasteiger partial charge on any atom is 0.700 e. The van der Waals surface area contributed by atoms with Gasteiger partial charge >= 0.3 is 14.2 Å². The average Bonchev–Trinajstić information content (AvgIpc) is 1.78. The van der Waals surface area contributed by atoms with Crippen LogP contribution in [0.5, 0.6) is 0 Å². The zero-order valence-electron chi connectivity index (χ0n) is 6.71. The standard InChI is InChI=1S/C5H10O6P2/c6-5(10-12-7,11-13(8)9)4-2-1-3-4/h4,6-7,12H,1-3H2/p+1. The summed E-state index contributed by atoms with van der Waals surface area (Å²) < 4.78 is 19.2. The zero-order valence-corrected chi connectivity index (χ0v) is 8.61. The molecule has 1 aliphatic rings. The Bertz CT molecular complexity index is 195. The lowest BCUT2D eigenvalue weighted by Crippen LogP contribution is -2.43. The Balaban J connectivity index is 2.55. The van der Waals surface area contributed by atoms with Gasteiger partial charge in [0.25, 0.3) is 0 Å². The highest BCUT2D eigenvalue weighted by atomic mass is 31.1. The van der Waals surface area contributed by atoms with E-state index in [-0.39, 0.29) is 5.92 Å². The second-order valence-electron chi connectivity index (χ2n) is 2.78. The van der Waals surface area contributed by atoms with Gasteiger partial charge in [-0.2, -0.15) is 0 Å². The van der Waals surface area contributed by atoms with Gasteiger partial charge in [-0.3, -0.25) is 4.52 Å². The largest absolute Gasteiger partial charge is 0.700 e. The molecular weight excluding hydrogens is 218 g/mol. The third kappa shape index (κ3) is 2.89. The van der Waals surface area contributed by atoms with Crippen molar-refractivity contribution in [1.82, 2.24) is 0 Å². The van der Waals surface area contributed by atoms with E-state index in [2.05, 4.69) is 9.05 Å². The van der Waals surface area contributed by atoms with Crippen molar-refractivity contribution in [2.24, 2.45) is 5.92 Å². The predicted octanol–water partition coefficient (Wildman–Crippen LogP) is 0.616. The Kier molecular flexibility index (Phi) is 4.13.